The molecule has 9 rings (SSSR count). The smallest absolute Gasteiger partial charge is 0.124 e. The molecule has 9 aromatic rings. The largest absolute Gasteiger partial charge is 0.507 e. The fraction of sp³-hybridized carbons (Fsp3) is 0.0222. The van der Waals surface area contributed by atoms with Gasteiger partial charge in [0.25, 0.3) is 0 Å². The average Bonchev–Trinajstić information content (AvgIpc) is 3.12. The number of aryl methyl sites for hydroxylation is 1. The van der Waals surface area contributed by atoms with Crippen LogP contribution < -0.4 is 5.46 Å². The van der Waals surface area contributed by atoms with Crippen molar-refractivity contribution in [1.82, 2.24) is 0 Å². The first-order valence-corrected chi connectivity index (χ1v) is 16.0. The van der Waals surface area contributed by atoms with Crippen molar-refractivity contribution in [2.45, 2.75) is 6.92 Å². The number of benzene rings is 9. The molecule has 0 saturated heterocycles. The topological polar surface area (TPSA) is 20.2 Å². The zero-order chi connectivity index (χ0) is 31.6. The molecule has 1 N–H and O–H groups in total. The van der Waals surface area contributed by atoms with Gasteiger partial charge in [-0.25, -0.2) is 0 Å². The molecule has 0 bridgehead atoms. The molecule has 9 aromatic carbocycles. The van der Waals surface area contributed by atoms with Crippen molar-refractivity contribution in [2.24, 2.45) is 0 Å². The summed E-state index contributed by atoms with van der Waals surface area (Å²) in [7, 11) is 6.76. The number of aromatic hydroxyl groups is 1. The monoisotopic (exact) mass is 596 g/mol. The lowest BCUT2D eigenvalue weighted by molar-refractivity contribution is 0.482. The first kappa shape index (κ1) is 27.5. The average molecular weight is 597 g/mol. The first-order valence-electron chi connectivity index (χ1n) is 16.0. The highest BCUT2D eigenvalue weighted by molar-refractivity contribution is 6.45. The van der Waals surface area contributed by atoms with Gasteiger partial charge in [-0.3, -0.25) is 0 Å². The normalized spacial score (nSPS) is 11.7. The minimum absolute atomic E-state index is 0.297. The van der Waals surface area contributed by atoms with Crippen molar-refractivity contribution < 1.29 is 5.11 Å². The van der Waals surface area contributed by atoms with Gasteiger partial charge in [0.1, 0.15) is 13.6 Å². The van der Waals surface area contributed by atoms with E-state index >= 15 is 0 Å². The number of phenols is 1. The third-order valence-corrected chi connectivity index (χ3v) is 9.81. The Balaban J connectivity index is 1.50. The highest BCUT2D eigenvalue weighted by Gasteiger charge is 2.23. The molecule has 218 valence electrons. The van der Waals surface area contributed by atoms with Crippen molar-refractivity contribution in [3.63, 3.8) is 0 Å². The van der Waals surface area contributed by atoms with E-state index in [0.717, 1.165) is 87.5 Å². The molecule has 0 unspecified atom stereocenters. The number of rotatable bonds is 4. The fourth-order valence-corrected chi connectivity index (χ4v) is 7.67. The van der Waals surface area contributed by atoms with Crippen LogP contribution in [0.15, 0.2) is 152 Å². The van der Waals surface area contributed by atoms with Crippen molar-refractivity contribution in [3.05, 3.63) is 157 Å². The SMILES string of the molecule is [B]c1ccc2c3c(-c4ccccc4)cc(O)c4c(C)ccc(c5c(-c6cc(-c7ccccc7)ccc6-c6ccccc6)ccc1c25)c43. The molecule has 0 aromatic heterocycles. The Hall–Kier alpha value is -5.86. The van der Waals surface area contributed by atoms with E-state index in [-0.39, 0.29) is 0 Å². The fourth-order valence-electron chi connectivity index (χ4n) is 7.67. The summed E-state index contributed by atoms with van der Waals surface area (Å²) in [4.78, 5) is 0. The standard InChI is InChI=1S/C45H29BO/c1-27-17-19-36-42-33(38-25-31(28-11-5-2-6-12-28)18-20-32(38)29-13-7-3-8-14-29)21-22-34-39(46)24-23-35(43(34)42)44-37(30-15-9-4-10-16-30)26-40(47)41(27)45(36)44/h2-26,47H,1H3. The van der Waals surface area contributed by atoms with Crippen LogP contribution in [0.3, 0.4) is 0 Å². The number of hydrogen-bond acceptors (Lipinski definition) is 1. The minimum atomic E-state index is 0.297. The highest BCUT2D eigenvalue weighted by Crippen LogP contribution is 2.50. The van der Waals surface area contributed by atoms with Gasteiger partial charge in [0.15, 0.2) is 0 Å². The molecule has 0 spiro atoms. The van der Waals surface area contributed by atoms with E-state index in [4.69, 9.17) is 7.85 Å². The lowest BCUT2D eigenvalue weighted by Crippen LogP contribution is -2.05. The molecule has 2 heteroatoms. The molecular weight excluding hydrogens is 567 g/mol. The zero-order valence-corrected chi connectivity index (χ0v) is 26.0. The third-order valence-electron chi connectivity index (χ3n) is 9.81. The van der Waals surface area contributed by atoms with Gasteiger partial charge in [0, 0.05) is 10.8 Å². The van der Waals surface area contributed by atoms with Crippen LogP contribution in [0.5, 0.6) is 5.75 Å². The van der Waals surface area contributed by atoms with Gasteiger partial charge in [-0.1, -0.05) is 145 Å². The van der Waals surface area contributed by atoms with Gasteiger partial charge in [-0.15, -0.1) is 0 Å². The van der Waals surface area contributed by atoms with Crippen molar-refractivity contribution >= 4 is 56.4 Å². The van der Waals surface area contributed by atoms with E-state index in [0.29, 0.717) is 5.75 Å². The van der Waals surface area contributed by atoms with Gasteiger partial charge >= 0.3 is 0 Å². The Bertz CT molecular complexity index is 2620. The Kier molecular flexibility index (Phi) is 6.20. The molecule has 0 aliphatic carbocycles. The molecule has 2 radical (unpaired) electrons. The molecule has 0 saturated carbocycles. The predicted molar refractivity (Wildman–Crippen MR) is 201 cm³/mol. The molecule has 47 heavy (non-hydrogen) atoms. The lowest BCUT2D eigenvalue weighted by atomic mass is 9.78. The van der Waals surface area contributed by atoms with Gasteiger partial charge in [-0.2, -0.15) is 0 Å². The number of hydrogen-bond donors (Lipinski definition) is 1. The molecule has 0 aliphatic heterocycles. The van der Waals surface area contributed by atoms with Crippen LogP contribution in [-0.4, -0.2) is 13.0 Å². The summed E-state index contributed by atoms with van der Waals surface area (Å²) in [5.41, 5.74) is 10.8. The maximum absolute atomic E-state index is 11.7. The zero-order valence-electron chi connectivity index (χ0n) is 26.0. The molecule has 0 aliphatic rings. The van der Waals surface area contributed by atoms with E-state index in [9.17, 15) is 5.11 Å². The third kappa shape index (κ3) is 4.18. The van der Waals surface area contributed by atoms with E-state index in [1.807, 2.05) is 18.2 Å². The Labute approximate surface area is 275 Å². The maximum Gasteiger partial charge on any atom is 0.124 e. The second-order valence-corrected chi connectivity index (χ2v) is 12.5. The van der Waals surface area contributed by atoms with E-state index in [2.05, 4.69) is 140 Å². The van der Waals surface area contributed by atoms with E-state index in [1.54, 1.807) is 0 Å². The second-order valence-electron chi connectivity index (χ2n) is 12.5. The molecule has 0 atom stereocenters. The number of phenolic OH excluding ortho intramolecular Hbond substituents is 1. The van der Waals surface area contributed by atoms with Gasteiger partial charge < -0.3 is 5.11 Å². The lowest BCUT2D eigenvalue weighted by Gasteiger charge is -2.23. The molecule has 0 heterocycles. The summed E-state index contributed by atoms with van der Waals surface area (Å²) in [6, 6.07) is 53.3. The Morgan fingerprint density at radius 1 is 0.383 bits per heavy atom. The van der Waals surface area contributed by atoms with Crippen LogP contribution in [0, 0.1) is 6.92 Å². The minimum Gasteiger partial charge on any atom is -0.507 e. The second kappa shape index (κ2) is 10.6. The van der Waals surface area contributed by atoms with Crippen molar-refractivity contribution in [2.75, 3.05) is 0 Å². The van der Waals surface area contributed by atoms with Crippen LogP contribution in [0.25, 0.3) is 87.6 Å². The molecule has 0 amide bonds. The molecule has 0 fully saturated rings. The van der Waals surface area contributed by atoms with Crippen molar-refractivity contribution in [1.29, 1.82) is 0 Å². The van der Waals surface area contributed by atoms with Crippen molar-refractivity contribution in [3.8, 4) is 50.3 Å². The highest BCUT2D eigenvalue weighted by atomic mass is 16.3. The maximum atomic E-state index is 11.7. The van der Waals surface area contributed by atoms with Gasteiger partial charge in [0.2, 0.25) is 0 Å². The molecule has 1 nitrogen and oxygen atoms in total. The van der Waals surface area contributed by atoms with Crippen LogP contribution in [0.2, 0.25) is 0 Å². The quantitative estimate of drug-likeness (QED) is 0.122. The summed E-state index contributed by atoms with van der Waals surface area (Å²) in [6.45, 7) is 2.08. The summed E-state index contributed by atoms with van der Waals surface area (Å²) in [5, 5.41) is 20.3. The first-order chi connectivity index (χ1) is 23.1. The Morgan fingerprint density at radius 2 is 0.936 bits per heavy atom. The number of fused-ring (bicyclic) bond motifs is 2. The summed E-state index contributed by atoms with van der Waals surface area (Å²) < 4.78 is 0. The van der Waals surface area contributed by atoms with E-state index in [1.165, 1.54) is 11.1 Å². The summed E-state index contributed by atoms with van der Waals surface area (Å²) in [5.74, 6) is 0.297. The van der Waals surface area contributed by atoms with Gasteiger partial charge in [0.05, 0.1) is 0 Å². The van der Waals surface area contributed by atoms with Crippen LogP contribution in [0.4, 0.5) is 0 Å². The summed E-state index contributed by atoms with van der Waals surface area (Å²) in [6.07, 6.45) is 0. The predicted octanol–water partition coefficient (Wildman–Crippen LogP) is 11.2. The van der Waals surface area contributed by atoms with Crippen LogP contribution in [0.1, 0.15) is 5.56 Å². The van der Waals surface area contributed by atoms with Crippen LogP contribution in [-0.2, 0) is 0 Å². The summed E-state index contributed by atoms with van der Waals surface area (Å²) >= 11 is 0. The molecular formula is C45H29BO. The van der Waals surface area contributed by atoms with Crippen LogP contribution >= 0.6 is 0 Å². The Morgan fingerprint density at radius 3 is 1.64 bits per heavy atom. The van der Waals surface area contributed by atoms with E-state index < -0.39 is 0 Å². The van der Waals surface area contributed by atoms with Gasteiger partial charge in [-0.05, 0) is 101 Å².